The number of amides is 5. The van der Waals surface area contributed by atoms with Gasteiger partial charge in [-0.2, -0.15) is 0 Å². The van der Waals surface area contributed by atoms with Crippen molar-refractivity contribution in [1.29, 1.82) is 0 Å². The van der Waals surface area contributed by atoms with Crippen LogP contribution in [0.25, 0.3) is 0 Å². The van der Waals surface area contributed by atoms with Crippen molar-refractivity contribution < 1.29 is 33.4 Å². The van der Waals surface area contributed by atoms with Gasteiger partial charge in [-0.05, 0) is 73.7 Å². The largest absolute Gasteiger partial charge is 0.497 e. The van der Waals surface area contributed by atoms with E-state index in [1.54, 1.807) is 68.4 Å². The highest BCUT2D eigenvalue weighted by Crippen LogP contribution is 2.29. The van der Waals surface area contributed by atoms with Crippen LogP contribution in [0, 0.1) is 11.7 Å². The molecule has 1 aliphatic heterocycles. The summed E-state index contributed by atoms with van der Waals surface area (Å²) >= 11 is 0. The molecule has 3 aromatic carbocycles. The molecule has 4 N–H and O–H groups in total. The van der Waals surface area contributed by atoms with E-state index in [1.807, 2.05) is 6.92 Å². The second-order valence-electron chi connectivity index (χ2n) is 10.8. The van der Waals surface area contributed by atoms with Crippen LogP contribution in [0.2, 0.25) is 0 Å². The SMILES string of the molecule is COc1ccc(NC(=O)N(C)C[C@@H]2Oc3ccc(NC(=O)Nc4ccc(F)cc4)cc3CC(=O)N([C@@H](C)CO)C[C@H]2C)cc1. The molecule has 0 unspecified atom stereocenters. The highest BCUT2D eigenvalue weighted by molar-refractivity contribution is 6.00. The first-order valence-electron chi connectivity index (χ1n) is 14.3. The highest BCUT2D eigenvalue weighted by atomic mass is 19.1. The smallest absolute Gasteiger partial charge is 0.323 e. The van der Waals surface area contributed by atoms with Gasteiger partial charge >= 0.3 is 12.1 Å². The zero-order chi connectivity index (χ0) is 31.8. The van der Waals surface area contributed by atoms with E-state index in [0.717, 1.165) is 0 Å². The van der Waals surface area contributed by atoms with Crippen molar-refractivity contribution in [2.75, 3.05) is 49.8 Å². The number of methoxy groups -OCH3 is 1. The molecule has 11 nitrogen and oxygen atoms in total. The van der Waals surface area contributed by atoms with Crippen LogP contribution < -0.4 is 25.4 Å². The lowest BCUT2D eigenvalue weighted by atomic mass is 10.0. The van der Waals surface area contributed by atoms with Crippen LogP contribution >= 0.6 is 0 Å². The summed E-state index contributed by atoms with van der Waals surface area (Å²) in [5.74, 6) is 0.282. The Morgan fingerprint density at radius 1 is 1.05 bits per heavy atom. The minimum atomic E-state index is -0.543. The Morgan fingerprint density at radius 2 is 1.66 bits per heavy atom. The van der Waals surface area contributed by atoms with Crippen LogP contribution in [0.5, 0.6) is 11.5 Å². The monoisotopic (exact) mass is 607 g/mol. The number of likely N-dealkylation sites (N-methyl/N-ethyl adjacent to an activating group) is 1. The van der Waals surface area contributed by atoms with Gasteiger partial charge in [0.2, 0.25) is 5.91 Å². The minimum absolute atomic E-state index is 0.0258. The number of ether oxygens (including phenoxy) is 2. The lowest BCUT2D eigenvalue weighted by molar-refractivity contribution is -0.134. The number of nitrogens with zero attached hydrogens (tertiary/aromatic N) is 2. The highest BCUT2D eigenvalue weighted by Gasteiger charge is 2.32. The summed E-state index contributed by atoms with van der Waals surface area (Å²) in [5.41, 5.74) is 1.97. The molecule has 0 aliphatic carbocycles. The number of hydrogen-bond acceptors (Lipinski definition) is 6. The van der Waals surface area contributed by atoms with Crippen LogP contribution in [0.1, 0.15) is 19.4 Å². The molecular formula is C32H38FN5O6. The van der Waals surface area contributed by atoms with Crippen LogP contribution in [0.4, 0.5) is 31.0 Å². The number of rotatable bonds is 8. The van der Waals surface area contributed by atoms with Crippen LogP contribution in [0.15, 0.2) is 66.7 Å². The summed E-state index contributed by atoms with van der Waals surface area (Å²) in [6, 6.07) is 16.0. The number of halogens is 1. The lowest BCUT2D eigenvalue weighted by Gasteiger charge is -2.34. The number of nitrogens with one attached hydrogen (secondary N) is 3. The zero-order valence-corrected chi connectivity index (χ0v) is 25.2. The van der Waals surface area contributed by atoms with Crippen LogP contribution in [-0.4, -0.2) is 78.9 Å². The summed E-state index contributed by atoms with van der Waals surface area (Å²) < 4.78 is 24.9. The number of aliphatic hydroxyl groups is 1. The second-order valence-corrected chi connectivity index (χ2v) is 10.8. The second kappa shape index (κ2) is 14.6. The summed E-state index contributed by atoms with van der Waals surface area (Å²) in [6.45, 7) is 4.00. The Morgan fingerprint density at radius 3 is 2.32 bits per heavy atom. The Balaban J connectivity index is 1.54. The number of anilines is 3. The maximum atomic E-state index is 13.5. The molecule has 44 heavy (non-hydrogen) atoms. The maximum Gasteiger partial charge on any atom is 0.323 e. The van der Waals surface area contributed by atoms with E-state index in [1.165, 1.54) is 29.2 Å². The molecule has 3 atom stereocenters. The predicted octanol–water partition coefficient (Wildman–Crippen LogP) is 4.79. The summed E-state index contributed by atoms with van der Waals surface area (Å²) in [6.07, 6.45) is -0.539. The van der Waals surface area contributed by atoms with Crippen molar-refractivity contribution in [2.45, 2.75) is 32.4 Å². The molecular weight excluding hydrogens is 569 g/mol. The third-order valence-corrected chi connectivity index (χ3v) is 7.42. The summed E-state index contributed by atoms with van der Waals surface area (Å²) in [5, 5.41) is 18.1. The quantitative estimate of drug-likeness (QED) is 0.291. The fourth-order valence-electron chi connectivity index (χ4n) is 4.80. The molecule has 0 saturated carbocycles. The van der Waals surface area contributed by atoms with Crippen molar-refractivity contribution >= 4 is 35.0 Å². The Hall–Kier alpha value is -4.84. The first kappa shape index (κ1) is 32.1. The van der Waals surface area contributed by atoms with Gasteiger partial charge in [0, 0.05) is 42.1 Å². The molecule has 234 valence electrons. The van der Waals surface area contributed by atoms with Gasteiger partial charge in [0.05, 0.1) is 32.7 Å². The topological polar surface area (TPSA) is 132 Å². The number of benzene rings is 3. The van der Waals surface area contributed by atoms with E-state index in [4.69, 9.17) is 9.47 Å². The molecule has 0 radical (unpaired) electrons. The molecule has 0 saturated heterocycles. The molecule has 1 heterocycles. The predicted molar refractivity (Wildman–Crippen MR) is 166 cm³/mol. The van der Waals surface area contributed by atoms with Crippen molar-refractivity contribution in [3.05, 3.63) is 78.1 Å². The third-order valence-electron chi connectivity index (χ3n) is 7.42. The fourth-order valence-corrected chi connectivity index (χ4v) is 4.80. The number of carbonyl (C=O) groups is 3. The average Bonchev–Trinajstić information content (AvgIpc) is 3.05. The Bertz CT molecular complexity index is 1450. The normalized spacial score (nSPS) is 17.1. The molecule has 0 aromatic heterocycles. The molecule has 0 fully saturated rings. The minimum Gasteiger partial charge on any atom is -0.497 e. The Kier molecular flexibility index (Phi) is 10.6. The summed E-state index contributed by atoms with van der Waals surface area (Å²) in [7, 11) is 3.23. The van der Waals surface area contributed by atoms with Gasteiger partial charge < -0.3 is 40.3 Å². The molecule has 0 bridgehead atoms. The number of aliphatic hydroxyl groups excluding tert-OH is 1. The van der Waals surface area contributed by atoms with Crippen molar-refractivity contribution in [1.82, 2.24) is 9.80 Å². The van der Waals surface area contributed by atoms with Gasteiger partial charge in [-0.15, -0.1) is 0 Å². The number of fused-ring (bicyclic) bond motifs is 1. The van der Waals surface area contributed by atoms with E-state index in [9.17, 15) is 23.9 Å². The molecule has 12 heteroatoms. The fraction of sp³-hybridized carbons (Fsp3) is 0.344. The van der Waals surface area contributed by atoms with E-state index >= 15 is 0 Å². The van der Waals surface area contributed by atoms with Gasteiger partial charge in [-0.1, -0.05) is 6.92 Å². The lowest BCUT2D eigenvalue weighted by Crippen LogP contribution is -2.48. The van der Waals surface area contributed by atoms with E-state index in [-0.39, 0.29) is 37.4 Å². The van der Waals surface area contributed by atoms with Gasteiger partial charge in [0.1, 0.15) is 23.4 Å². The Labute approximate surface area is 255 Å². The van der Waals surface area contributed by atoms with Gasteiger partial charge in [0.15, 0.2) is 0 Å². The number of hydrogen-bond donors (Lipinski definition) is 4. The van der Waals surface area contributed by atoms with Crippen molar-refractivity contribution in [3.8, 4) is 11.5 Å². The van der Waals surface area contributed by atoms with Crippen molar-refractivity contribution in [2.24, 2.45) is 5.92 Å². The van der Waals surface area contributed by atoms with E-state index < -0.39 is 24.0 Å². The maximum absolute atomic E-state index is 13.5. The van der Waals surface area contributed by atoms with Crippen molar-refractivity contribution in [3.63, 3.8) is 0 Å². The molecule has 5 amide bonds. The number of carbonyl (C=O) groups excluding carboxylic acids is 3. The van der Waals surface area contributed by atoms with E-state index in [2.05, 4.69) is 16.0 Å². The number of urea groups is 2. The standard InChI is InChI=1S/C32H38FN5O6/c1-20-17-38(21(2)19-39)30(40)16-22-15-26(35-31(41)34-24-7-5-23(33)6-8-24)11-14-28(22)44-29(20)18-37(3)32(42)36-25-9-12-27(43-4)13-10-25/h5-15,20-21,29,39H,16-19H2,1-4H3,(H,36,42)(H2,34,35,41)/t20-,21+,29+/m1/s1. The van der Waals surface area contributed by atoms with Crippen LogP contribution in [-0.2, 0) is 11.2 Å². The molecule has 0 spiro atoms. The molecule has 1 aliphatic rings. The summed E-state index contributed by atoms with van der Waals surface area (Å²) in [4.78, 5) is 42.2. The third kappa shape index (κ3) is 8.38. The first-order chi connectivity index (χ1) is 21.1. The van der Waals surface area contributed by atoms with Gasteiger partial charge in [0.25, 0.3) is 0 Å². The van der Waals surface area contributed by atoms with Gasteiger partial charge in [-0.25, -0.2) is 14.0 Å². The van der Waals surface area contributed by atoms with Gasteiger partial charge in [-0.3, -0.25) is 4.79 Å². The van der Waals surface area contributed by atoms with E-state index in [0.29, 0.717) is 40.7 Å². The average molecular weight is 608 g/mol. The molecule has 4 rings (SSSR count). The first-order valence-corrected chi connectivity index (χ1v) is 14.3. The van der Waals surface area contributed by atoms with Crippen LogP contribution in [0.3, 0.4) is 0 Å². The zero-order valence-electron chi connectivity index (χ0n) is 25.2. The molecule has 3 aromatic rings.